The van der Waals surface area contributed by atoms with E-state index in [2.05, 4.69) is 19.8 Å². The Labute approximate surface area is 185 Å². The van der Waals surface area contributed by atoms with Crippen LogP contribution in [0.5, 0.6) is 17.4 Å². The highest BCUT2D eigenvalue weighted by Gasteiger charge is 2.19. The minimum Gasteiger partial charge on any atom is -0.496 e. The van der Waals surface area contributed by atoms with Crippen LogP contribution in [0.3, 0.4) is 0 Å². The molecule has 0 saturated heterocycles. The van der Waals surface area contributed by atoms with Crippen molar-refractivity contribution >= 4 is 15.7 Å². The van der Waals surface area contributed by atoms with Crippen LogP contribution >= 0.6 is 0 Å². The summed E-state index contributed by atoms with van der Waals surface area (Å²) in [5.74, 6) is 2.04. The molecule has 32 heavy (non-hydrogen) atoms. The van der Waals surface area contributed by atoms with Gasteiger partial charge in [-0.1, -0.05) is 0 Å². The zero-order valence-corrected chi connectivity index (χ0v) is 18.5. The van der Waals surface area contributed by atoms with E-state index < -0.39 is 10.0 Å². The van der Waals surface area contributed by atoms with Gasteiger partial charge in [0.1, 0.15) is 17.8 Å². The van der Waals surface area contributed by atoms with Crippen LogP contribution in [-0.2, 0) is 10.0 Å². The number of nitrogens with one attached hydrogen (secondary N) is 1. The van der Waals surface area contributed by atoms with Gasteiger partial charge >= 0.3 is 0 Å². The summed E-state index contributed by atoms with van der Waals surface area (Å²) in [6.45, 7) is 3.53. The highest BCUT2D eigenvalue weighted by Crippen LogP contribution is 2.28. The molecule has 10 heteroatoms. The number of aryl methyl sites for hydroxylation is 2. The smallest absolute Gasteiger partial charge is 0.262 e. The van der Waals surface area contributed by atoms with E-state index in [1.807, 2.05) is 0 Å². The van der Waals surface area contributed by atoms with Crippen molar-refractivity contribution in [2.75, 3.05) is 11.8 Å². The van der Waals surface area contributed by atoms with Crippen molar-refractivity contribution < 1.29 is 17.9 Å². The largest absolute Gasteiger partial charge is 0.496 e. The second kappa shape index (κ2) is 8.67. The summed E-state index contributed by atoms with van der Waals surface area (Å²) in [4.78, 5) is 8.45. The summed E-state index contributed by atoms with van der Waals surface area (Å²) in [6.07, 6.45) is 4.80. The third kappa shape index (κ3) is 4.54. The molecule has 0 aliphatic carbocycles. The average Bonchev–Trinajstić information content (AvgIpc) is 3.31. The first-order valence-corrected chi connectivity index (χ1v) is 11.1. The number of nitrogens with zero attached hydrogens (tertiary/aromatic N) is 4. The lowest BCUT2D eigenvalue weighted by molar-refractivity contribution is 0.411. The first-order chi connectivity index (χ1) is 15.4. The maximum Gasteiger partial charge on any atom is 0.262 e. The van der Waals surface area contributed by atoms with Gasteiger partial charge < -0.3 is 9.47 Å². The van der Waals surface area contributed by atoms with Crippen molar-refractivity contribution in [3.05, 3.63) is 78.4 Å². The molecule has 9 nitrogen and oxygen atoms in total. The monoisotopic (exact) mass is 451 g/mol. The molecule has 0 atom stereocenters. The van der Waals surface area contributed by atoms with Gasteiger partial charge in [-0.2, -0.15) is 5.10 Å². The number of hydrogen-bond donors (Lipinski definition) is 1. The fraction of sp³-hybridized carbons (Fsp3) is 0.136. The van der Waals surface area contributed by atoms with Crippen molar-refractivity contribution in [3.63, 3.8) is 0 Å². The van der Waals surface area contributed by atoms with Crippen molar-refractivity contribution in [2.45, 2.75) is 18.7 Å². The van der Waals surface area contributed by atoms with Crippen LogP contribution in [0.1, 0.15) is 11.1 Å². The summed E-state index contributed by atoms with van der Waals surface area (Å²) in [5, 5.41) is 4.13. The molecule has 1 N–H and O–H groups in total. The Balaban J connectivity index is 1.50. The topological polar surface area (TPSA) is 108 Å². The quantitative estimate of drug-likeness (QED) is 0.454. The molecule has 0 bridgehead atoms. The highest BCUT2D eigenvalue weighted by atomic mass is 32.2. The van der Waals surface area contributed by atoms with E-state index >= 15 is 0 Å². The number of ether oxygens (including phenoxy) is 2. The number of hydrogen-bond acceptors (Lipinski definition) is 7. The summed E-state index contributed by atoms with van der Waals surface area (Å²) in [7, 11) is -2.22. The molecule has 2 heterocycles. The van der Waals surface area contributed by atoms with Crippen molar-refractivity contribution in [2.24, 2.45) is 0 Å². The number of benzene rings is 2. The van der Waals surface area contributed by atoms with E-state index in [-0.39, 0.29) is 4.90 Å². The van der Waals surface area contributed by atoms with E-state index in [0.717, 1.165) is 5.56 Å². The number of rotatable bonds is 7. The molecule has 0 aliphatic rings. The third-order valence-corrected chi connectivity index (χ3v) is 6.20. The molecule has 2 aromatic carbocycles. The van der Waals surface area contributed by atoms with Gasteiger partial charge in [-0.3, -0.25) is 4.72 Å². The molecule has 0 aliphatic heterocycles. The Bertz CT molecular complexity index is 1340. The molecule has 0 radical (unpaired) electrons. The van der Waals surface area contributed by atoms with Crippen LogP contribution in [0, 0.1) is 13.8 Å². The number of anilines is 1. The zero-order chi connectivity index (χ0) is 22.7. The van der Waals surface area contributed by atoms with E-state index in [1.54, 1.807) is 86.6 Å². The Morgan fingerprint density at radius 2 is 1.78 bits per heavy atom. The molecule has 4 aromatic rings. The van der Waals surface area contributed by atoms with Crippen LogP contribution < -0.4 is 14.2 Å². The van der Waals surface area contributed by atoms with Crippen LogP contribution in [0.25, 0.3) is 5.82 Å². The molecular weight excluding hydrogens is 430 g/mol. The second-order valence-electron chi connectivity index (χ2n) is 6.98. The average molecular weight is 452 g/mol. The highest BCUT2D eigenvalue weighted by molar-refractivity contribution is 7.92. The van der Waals surface area contributed by atoms with Gasteiger partial charge in [0, 0.05) is 24.1 Å². The number of sulfonamides is 1. The number of aromatic nitrogens is 4. The third-order valence-electron chi connectivity index (χ3n) is 4.68. The van der Waals surface area contributed by atoms with Gasteiger partial charge in [0.05, 0.1) is 12.0 Å². The van der Waals surface area contributed by atoms with Crippen molar-refractivity contribution in [1.29, 1.82) is 0 Å². The van der Waals surface area contributed by atoms with E-state index in [0.29, 0.717) is 34.4 Å². The maximum atomic E-state index is 12.9. The molecular formula is C22H21N5O4S. The van der Waals surface area contributed by atoms with E-state index in [4.69, 9.17) is 9.47 Å². The predicted octanol–water partition coefficient (Wildman–Crippen LogP) is 3.88. The molecule has 0 unspecified atom stereocenters. The summed E-state index contributed by atoms with van der Waals surface area (Å²) < 4.78 is 41.0. The SMILES string of the molecule is COc1cc(C)c(S(=O)(=O)Nc2ccc(Oc3cc(-n4cccn4)ncn3)cc2)cc1C. The Morgan fingerprint density at radius 1 is 1.00 bits per heavy atom. The fourth-order valence-corrected chi connectivity index (χ4v) is 4.48. The molecule has 0 amide bonds. The number of methoxy groups -OCH3 is 1. The minimum absolute atomic E-state index is 0.197. The lowest BCUT2D eigenvalue weighted by Crippen LogP contribution is -2.14. The van der Waals surface area contributed by atoms with Gasteiger partial charge in [-0.15, -0.1) is 0 Å². The lowest BCUT2D eigenvalue weighted by atomic mass is 10.1. The normalized spacial score (nSPS) is 11.2. The van der Waals surface area contributed by atoms with Crippen LogP contribution in [0.2, 0.25) is 0 Å². The summed E-state index contributed by atoms with van der Waals surface area (Å²) in [5.41, 5.74) is 1.74. The maximum absolute atomic E-state index is 12.9. The van der Waals surface area contributed by atoms with Gasteiger partial charge in [0.2, 0.25) is 5.88 Å². The molecule has 0 fully saturated rings. The van der Waals surface area contributed by atoms with E-state index in [9.17, 15) is 8.42 Å². The van der Waals surface area contributed by atoms with Gasteiger partial charge in [-0.05, 0) is 67.4 Å². The Kier molecular flexibility index (Phi) is 5.78. The minimum atomic E-state index is -3.77. The fourth-order valence-electron chi connectivity index (χ4n) is 3.11. The molecule has 0 spiro atoms. The molecule has 4 rings (SSSR count). The first-order valence-electron chi connectivity index (χ1n) is 9.64. The Morgan fingerprint density at radius 3 is 2.47 bits per heavy atom. The van der Waals surface area contributed by atoms with Crippen molar-refractivity contribution in [1.82, 2.24) is 19.7 Å². The Hall–Kier alpha value is -3.92. The van der Waals surface area contributed by atoms with Gasteiger partial charge in [0.15, 0.2) is 5.82 Å². The van der Waals surface area contributed by atoms with Crippen LogP contribution in [0.4, 0.5) is 5.69 Å². The predicted molar refractivity (Wildman–Crippen MR) is 119 cm³/mol. The summed E-state index contributed by atoms with van der Waals surface area (Å²) in [6, 6.07) is 13.3. The molecule has 0 saturated carbocycles. The standard InChI is InChI=1S/C22H21N5O4S/c1-15-12-20(16(2)11-19(15)30-3)32(28,29)26-17-5-7-18(8-6-17)31-22-13-21(23-14-24-22)27-10-4-9-25-27/h4-14,26H,1-3H3. The lowest BCUT2D eigenvalue weighted by Gasteiger charge is -2.14. The molecule has 164 valence electrons. The van der Waals surface area contributed by atoms with E-state index in [1.165, 1.54) is 6.33 Å². The van der Waals surface area contributed by atoms with Gasteiger partial charge in [0.25, 0.3) is 10.0 Å². The van der Waals surface area contributed by atoms with Crippen molar-refractivity contribution in [3.8, 4) is 23.2 Å². The second-order valence-corrected chi connectivity index (χ2v) is 8.64. The van der Waals surface area contributed by atoms with Crippen LogP contribution in [0.15, 0.2) is 72.1 Å². The van der Waals surface area contributed by atoms with Gasteiger partial charge in [-0.25, -0.2) is 23.1 Å². The molecule has 2 aromatic heterocycles. The van der Waals surface area contributed by atoms with Crippen LogP contribution in [-0.4, -0.2) is 35.3 Å². The first kappa shape index (κ1) is 21.3. The summed E-state index contributed by atoms with van der Waals surface area (Å²) >= 11 is 0. The zero-order valence-electron chi connectivity index (χ0n) is 17.7.